The Kier molecular flexibility index (Phi) is 6.05. The average Bonchev–Trinajstić information content (AvgIpc) is 3.14. The number of nitrogens with one attached hydrogen (secondary N) is 2. The van der Waals surface area contributed by atoms with Gasteiger partial charge in [-0.2, -0.15) is 4.99 Å². The summed E-state index contributed by atoms with van der Waals surface area (Å²) in [6.07, 6.45) is 3.02. The van der Waals surface area contributed by atoms with Crippen molar-refractivity contribution in [3.8, 4) is 0 Å². The number of hydrogen-bond acceptors (Lipinski definition) is 9. The molecule has 2 amide bonds. The van der Waals surface area contributed by atoms with Crippen LogP contribution < -0.4 is 10.6 Å². The third-order valence-corrected chi connectivity index (χ3v) is 6.13. The minimum Gasteiger partial charge on any atom is -0.465 e. The minimum atomic E-state index is -0.633. The Morgan fingerprint density at radius 2 is 2.04 bits per heavy atom. The van der Waals surface area contributed by atoms with Crippen LogP contribution in [0, 0.1) is 13.8 Å². The van der Waals surface area contributed by atoms with Crippen molar-refractivity contribution in [1.82, 2.24) is 15.3 Å². The first kappa shape index (κ1) is 20.0. The first-order valence-corrected chi connectivity index (χ1v) is 9.90. The van der Waals surface area contributed by atoms with E-state index in [-0.39, 0.29) is 24.2 Å². The normalized spacial score (nSPS) is 17.5. The van der Waals surface area contributed by atoms with Crippen LogP contribution in [0.15, 0.2) is 23.5 Å². The lowest BCUT2D eigenvalue weighted by Gasteiger charge is -2.08. The summed E-state index contributed by atoms with van der Waals surface area (Å²) in [5.74, 6) is -0.983. The molecule has 1 unspecified atom stereocenters. The van der Waals surface area contributed by atoms with Crippen molar-refractivity contribution in [2.24, 2.45) is 4.99 Å². The van der Waals surface area contributed by atoms with Crippen molar-refractivity contribution in [1.29, 1.82) is 0 Å². The highest BCUT2D eigenvalue weighted by Crippen LogP contribution is 2.33. The molecule has 3 rings (SSSR count). The molecule has 2 aromatic rings. The molecule has 2 aromatic heterocycles. The zero-order valence-electron chi connectivity index (χ0n) is 15.3. The zero-order valence-corrected chi connectivity index (χ0v) is 16.9. The molecule has 0 bridgehead atoms. The molecular weight excluding hydrogens is 402 g/mol. The lowest BCUT2D eigenvalue weighted by atomic mass is 10.1. The predicted molar refractivity (Wildman–Crippen MR) is 107 cm³/mol. The molecule has 1 aliphatic heterocycles. The van der Waals surface area contributed by atoms with Gasteiger partial charge in [0.2, 0.25) is 11.8 Å². The summed E-state index contributed by atoms with van der Waals surface area (Å²) in [7, 11) is 1.29. The largest absolute Gasteiger partial charge is 0.465 e. The molecule has 1 aliphatic rings. The van der Waals surface area contributed by atoms with Gasteiger partial charge in [-0.25, -0.2) is 14.8 Å². The fourth-order valence-electron chi connectivity index (χ4n) is 2.44. The van der Waals surface area contributed by atoms with Gasteiger partial charge in [-0.05, 0) is 25.5 Å². The third kappa shape index (κ3) is 4.37. The number of esters is 1. The van der Waals surface area contributed by atoms with E-state index in [0.29, 0.717) is 15.7 Å². The number of aromatic nitrogens is 2. The second-order valence-corrected chi connectivity index (χ2v) is 8.21. The van der Waals surface area contributed by atoms with Gasteiger partial charge in [0, 0.05) is 23.7 Å². The van der Waals surface area contributed by atoms with E-state index in [4.69, 9.17) is 4.74 Å². The maximum absolute atomic E-state index is 12.4. The molecule has 0 spiro atoms. The van der Waals surface area contributed by atoms with Gasteiger partial charge in [-0.15, -0.1) is 11.3 Å². The highest BCUT2D eigenvalue weighted by Gasteiger charge is 2.33. The minimum absolute atomic E-state index is 0.0677. The maximum Gasteiger partial charge on any atom is 0.341 e. The van der Waals surface area contributed by atoms with Crippen LogP contribution in [0.2, 0.25) is 0 Å². The molecular formula is C17H17N5O4S2. The summed E-state index contributed by atoms with van der Waals surface area (Å²) in [6.45, 7) is 3.65. The molecule has 1 saturated heterocycles. The number of carbonyl (C=O) groups is 3. The number of methoxy groups -OCH3 is 1. The number of aryl methyl sites for hydroxylation is 1. The fraction of sp³-hybridized carbons (Fsp3) is 0.294. The summed E-state index contributed by atoms with van der Waals surface area (Å²) in [5, 5.41) is 5.46. The third-order valence-electron chi connectivity index (χ3n) is 3.93. The molecule has 1 atom stereocenters. The number of thiophene rings is 1. The smallest absolute Gasteiger partial charge is 0.341 e. The number of thioether (sulfide) groups is 1. The van der Waals surface area contributed by atoms with E-state index >= 15 is 0 Å². The number of ether oxygens (including phenoxy) is 1. The Hall–Kier alpha value is -2.79. The van der Waals surface area contributed by atoms with Gasteiger partial charge in [0.1, 0.15) is 10.3 Å². The lowest BCUT2D eigenvalue weighted by Crippen LogP contribution is -2.28. The van der Waals surface area contributed by atoms with Crippen molar-refractivity contribution >= 4 is 57.0 Å². The van der Waals surface area contributed by atoms with Crippen LogP contribution in [0.25, 0.3) is 0 Å². The second-order valence-electron chi connectivity index (χ2n) is 5.79. The topological polar surface area (TPSA) is 123 Å². The average molecular weight is 419 g/mol. The van der Waals surface area contributed by atoms with Gasteiger partial charge >= 0.3 is 5.97 Å². The van der Waals surface area contributed by atoms with Gasteiger partial charge in [-0.1, -0.05) is 11.8 Å². The summed E-state index contributed by atoms with van der Waals surface area (Å²) in [6, 6.07) is 1.66. The van der Waals surface area contributed by atoms with E-state index in [0.717, 1.165) is 22.2 Å². The second kappa shape index (κ2) is 8.48. The summed E-state index contributed by atoms with van der Waals surface area (Å²) >= 11 is 2.43. The first-order chi connectivity index (χ1) is 13.4. The van der Waals surface area contributed by atoms with Gasteiger partial charge in [0.15, 0.2) is 5.17 Å². The molecule has 0 radical (unpaired) electrons. The molecule has 11 heteroatoms. The molecule has 2 N–H and O–H groups in total. The van der Waals surface area contributed by atoms with E-state index < -0.39 is 11.2 Å². The summed E-state index contributed by atoms with van der Waals surface area (Å²) < 4.78 is 4.79. The number of carbonyl (C=O) groups excluding carboxylic acids is 3. The van der Waals surface area contributed by atoms with Crippen molar-refractivity contribution in [2.75, 3.05) is 12.4 Å². The Labute approximate surface area is 169 Å². The molecule has 3 heterocycles. The van der Waals surface area contributed by atoms with Crippen molar-refractivity contribution in [3.63, 3.8) is 0 Å². The monoisotopic (exact) mass is 419 g/mol. The van der Waals surface area contributed by atoms with Gasteiger partial charge in [-0.3, -0.25) is 9.59 Å². The standard InChI is InChI=1S/C17H17N5O4S2/c1-8-9(2)27-14(12(8)15(25)26-3)20-11(23)7-10-13(24)21-17(28-10)22-16-18-5-4-6-19-16/h4-6,10H,7H2,1-3H3,(H,20,23)(H,18,19,21,22,24). The molecule has 146 valence electrons. The number of amides is 2. The van der Waals surface area contributed by atoms with E-state index in [1.165, 1.54) is 18.4 Å². The van der Waals surface area contributed by atoms with Crippen LogP contribution in [0.3, 0.4) is 0 Å². The van der Waals surface area contributed by atoms with Crippen LogP contribution in [0.1, 0.15) is 27.2 Å². The SMILES string of the molecule is COC(=O)c1c(NC(=O)CC2S/C(=N\c3ncccn3)NC2=O)sc(C)c1C. The van der Waals surface area contributed by atoms with Crippen LogP contribution in [0.4, 0.5) is 10.9 Å². The number of anilines is 1. The lowest BCUT2D eigenvalue weighted by molar-refractivity contribution is -0.122. The Bertz CT molecular complexity index is 958. The number of aliphatic imine (C=N–C) groups is 1. The molecule has 0 aliphatic carbocycles. The first-order valence-electron chi connectivity index (χ1n) is 8.20. The van der Waals surface area contributed by atoms with Crippen molar-refractivity contribution in [2.45, 2.75) is 25.5 Å². The van der Waals surface area contributed by atoms with Crippen LogP contribution >= 0.6 is 23.1 Å². The quantitative estimate of drug-likeness (QED) is 0.712. The highest BCUT2D eigenvalue weighted by atomic mass is 32.2. The fourth-order valence-corrected chi connectivity index (χ4v) is 4.47. The van der Waals surface area contributed by atoms with Crippen LogP contribution in [-0.2, 0) is 14.3 Å². The van der Waals surface area contributed by atoms with Gasteiger partial charge in [0.05, 0.1) is 12.7 Å². The van der Waals surface area contributed by atoms with E-state index in [2.05, 4.69) is 25.6 Å². The highest BCUT2D eigenvalue weighted by molar-refractivity contribution is 8.15. The number of nitrogens with zero attached hydrogens (tertiary/aromatic N) is 3. The Balaban J connectivity index is 1.68. The predicted octanol–water partition coefficient (Wildman–Crippen LogP) is 2.19. The molecule has 0 aromatic carbocycles. The van der Waals surface area contributed by atoms with Crippen LogP contribution in [-0.4, -0.2) is 45.3 Å². The molecule has 0 saturated carbocycles. The van der Waals surface area contributed by atoms with Gasteiger partial charge < -0.3 is 15.4 Å². The van der Waals surface area contributed by atoms with Crippen molar-refractivity contribution in [3.05, 3.63) is 34.5 Å². The van der Waals surface area contributed by atoms with Crippen molar-refractivity contribution < 1.29 is 19.1 Å². The zero-order chi connectivity index (χ0) is 20.3. The van der Waals surface area contributed by atoms with E-state index in [1.54, 1.807) is 25.4 Å². The molecule has 1 fully saturated rings. The van der Waals surface area contributed by atoms with E-state index in [1.807, 2.05) is 6.92 Å². The Morgan fingerprint density at radius 3 is 2.71 bits per heavy atom. The van der Waals surface area contributed by atoms with Gasteiger partial charge in [0.25, 0.3) is 5.95 Å². The molecule has 28 heavy (non-hydrogen) atoms. The summed E-state index contributed by atoms with van der Waals surface area (Å²) in [5.41, 5.74) is 1.10. The summed E-state index contributed by atoms with van der Waals surface area (Å²) in [4.78, 5) is 49.6. The maximum atomic E-state index is 12.4. The number of amidine groups is 1. The molecule has 9 nitrogen and oxygen atoms in total. The number of rotatable bonds is 5. The van der Waals surface area contributed by atoms with Crippen LogP contribution in [0.5, 0.6) is 0 Å². The van der Waals surface area contributed by atoms with E-state index in [9.17, 15) is 14.4 Å². The number of hydrogen-bond donors (Lipinski definition) is 2. The Morgan fingerprint density at radius 1 is 1.32 bits per heavy atom.